The summed E-state index contributed by atoms with van der Waals surface area (Å²) in [6, 6.07) is 4.13. The number of ether oxygens (including phenoxy) is 2. The lowest BCUT2D eigenvalue weighted by atomic mass is 9.74. The minimum absolute atomic E-state index is 0.127. The summed E-state index contributed by atoms with van der Waals surface area (Å²) >= 11 is 0. The van der Waals surface area contributed by atoms with E-state index in [9.17, 15) is 20.4 Å². The maximum atomic E-state index is 10.1. The van der Waals surface area contributed by atoms with Crippen LogP contribution in [-0.4, -0.2) is 57.7 Å². The smallest absolute Gasteiger partial charge is 0.231 e. The van der Waals surface area contributed by atoms with E-state index in [1.54, 1.807) is 18.2 Å². The van der Waals surface area contributed by atoms with Gasteiger partial charge in [0.1, 0.15) is 12.2 Å². The minimum Gasteiger partial charge on any atom is -0.454 e. The summed E-state index contributed by atoms with van der Waals surface area (Å²) in [6.45, 7) is 0.127. The van der Waals surface area contributed by atoms with Crippen LogP contribution in [0.25, 0.3) is 0 Å². The van der Waals surface area contributed by atoms with Crippen molar-refractivity contribution in [2.75, 3.05) is 6.79 Å². The molecule has 0 amide bonds. The van der Waals surface area contributed by atoms with Crippen molar-refractivity contribution in [2.24, 2.45) is 5.73 Å². The summed E-state index contributed by atoms with van der Waals surface area (Å²) in [5.74, 6) is 0.406. The molecule has 6 N–H and O–H groups in total. The molecule has 1 saturated carbocycles. The van der Waals surface area contributed by atoms with Crippen LogP contribution in [0.2, 0.25) is 0 Å². The third kappa shape index (κ3) is 1.95. The zero-order valence-corrected chi connectivity index (χ0v) is 10.6. The number of aliphatic hydroxyl groups is 4. The molecule has 1 aromatic rings. The van der Waals surface area contributed by atoms with E-state index in [0.29, 0.717) is 17.1 Å². The molecule has 7 nitrogen and oxygen atoms in total. The van der Waals surface area contributed by atoms with Crippen LogP contribution in [-0.2, 0) is 0 Å². The second kappa shape index (κ2) is 4.87. The first-order valence-corrected chi connectivity index (χ1v) is 6.38. The van der Waals surface area contributed by atoms with Gasteiger partial charge >= 0.3 is 0 Å². The fourth-order valence-corrected chi connectivity index (χ4v) is 2.82. The number of nitrogens with two attached hydrogens (primary N) is 1. The topological polar surface area (TPSA) is 125 Å². The number of rotatable bonds is 1. The molecule has 2 aliphatic rings. The summed E-state index contributed by atoms with van der Waals surface area (Å²) in [7, 11) is 0. The lowest BCUT2D eigenvalue weighted by Crippen LogP contribution is -2.62. The van der Waals surface area contributed by atoms with Gasteiger partial charge in [-0.25, -0.2) is 0 Å². The van der Waals surface area contributed by atoms with Crippen LogP contribution in [0.4, 0.5) is 0 Å². The predicted molar refractivity (Wildman–Crippen MR) is 67.3 cm³/mol. The van der Waals surface area contributed by atoms with Gasteiger partial charge in [0.25, 0.3) is 0 Å². The quantitative estimate of drug-likeness (QED) is 0.415. The highest BCUT2D eigenvalue weighted by molar-refractivity contribution is 5.46. The first-order valence-electron chi connectivity index (χ1n) is 6.38. The molecule has 1 aromatic carbocycles. The SMILES string of the molecule is N[C@H]1C(O)[C@H](O)[C@@H](O)[C@H](O)[C@@H]1c1ccc2c(c1)OCO2. The minimum atomic E-state index is -1.47. The van der Waals surface area contributed by atoms with Crippen LogP contribution in [0.5, 0.6) is 11.5 Å². The molecule has 0 radical (unpaired) electrons. The first kappa shape index (κ1) is 13.6. The molecule has 1 heterocycles. The second-order valence-electron chi connectivity index (χ2n) is 5.18. The Labute approximate surface area is 115 Å². The molecule has 110 valence electrons. The molecule has 7 heteroatoms. The molecular weight excluding hydrogens is 266 g/mol. The van der Waals surface area contributed by atoms with Gasteiger partial charge in [0.05, 0.1) is 12.2 Å². The van der Waals surface area contributed by atoms with Gasteiger partial charge in [-0.05, 0) is 17.7 Å². The Morgan fingerprint density at radius 2 is 1.55 bits per heavy atom. The molecular formula is C13H17NO6. The van der Waals surface area contributed by atoms with Gasteiger partial charge in [-0.1, -0.05) is 6.07 Å². The summed E-state index contributed by atoms with van der Waals surface area (Å²) in [5.41, 5.74) is 6.50. The molecule has 1 aliphatic heterocycles. The van der Waals surface area contributed by atoms with Crippen molar-refractivity contribution in [3.63, 3.8) is 0 Å². The summed E-state index contributed by atoms with van der Waals surface area (Å²) in [6.07, 6.45) is -5.52. The highest BCUT2D eigenvalue weighted by atomic mass is 16.7. The molecule has 1 aliphatic carbocycles. The Kier molecular flexibility index (Phi) is 3.31. The first-order chi connectivity index (χ1) is 9.50. The van der Waals surface area contributed by atoms with E-state index >= 15 is 0 Å². The van der Waals surface area contributed by atoms with Gasteiger partial charge in [-0.2, -0.15) is 0 Å². The Hall–Kier alpha value is -1.38. The molecule has 3 rings (SSSR count). The van der Waals surface area contributed by atoms with E-state index in [2.05, 4.69) is 0 Å². The fourth-order valence-electron chi connectivity index (χ4n) is 2.82. The Balaban J connectivity index is 1.95. The Morgan fingerprint density at radius 1 is 0.900 bits per heavy atom. The molecule has 0 saturated heterocycles. The van der Waals surface area contributed by atoms with Crippen molar-refractivity contribution in [2.45, 2.75) is 36.4 Å². The van der Waals surface area contributed by atoms with Crippen molar-refractivity contribution in [3.05, 3.63) is 23.8 Å². The van der Waals surface area contributed by atoms with E-state index < -0.39 is 36.4 Å². The molecule has 0 aromatic heterocycles. The van der Waals surface area contributed by atoms with Gasteiger partial charge < -0.3 is 35.6 Å². The van der Waals surface area contributed by atoms with Crippen molar-refractivity contribution in [1.82, 2.24) is 0 Å². The van der Waals surface area contributed by atoms with Gasteiger partial charge in [-0.15, -0.1) is 0 Å². The van der Waals surface area contributed by atoms with Crippen LogP contribution in [0.1, 0.15) is 11.5 Å². The highest BCUT2D eigenvalue weighted by Gasteiger charge is 2.47. The third-order valence-corrected chi connectivity index (χ3v) is 4.01. The van der Waals surface area contributed by atoms with Crippen molar-refractivity contribution >= 4 is 0 Å². The third-order valence-electron chi connectivity index (χ3n) is 4.01. The van der Waals surface area contributed by atoms with E-state index in [-0.39, 0.29) is 6.79 Å². The van der Waals surface area contributed by atoms with Crippen molar-refractivity contribution in [1.29, 1.82) is 0 Å². The monoisotopic (exact) mass is 283 g/mol. The molecule has 1 unspecified atom stereocenters. The summed E-state index contributed by atoms with van der Waals surface area (Å²) in [5, 5.41) is 39.4. The fraction of sp³-hybridized carbons (Fsp3) is 0.538. The molecule has 0 spiro atoms. The standard InChI is InChI=1S/C13H17NO6/c14-9-8(10(15)12(17)13(18)11(9)16)5-1-2-6-7(3-5)20-4-19-6/h1-3,8-13,15-18H,4,14H2/t8-,9-,10-,11?,12+,13+/m1/s1. The summed E-state index contributed by atoms with van der Waals surface area (Å²) < 4.78 is 10.5. The summed E-state index contributed by atoms with van der Waals surface area (Å²) in [4.78, 5) is 0. The normalized spacial score (nSPS) is 39.9. The predicted octanol–water partition coefficient (Wildman–Crippen LogP) is -1.72. The van der Waals surface area contributed by atoms with Crippen LogP contribution in [0.15, 0.2) is 18.2 Å². The molecule has 1 fully saturated rings. The lowest BCUT2D eigenvalue weighted by Gasteiger charge is -2.42. The highest BCUT2D eigenvalue weighted by Crippen LogP contribution is 2.39. The van der Waals surface area contributed by atoms with Crippen LogP contribution < -0.4 is 15.2 Å². The number of aliphatic hydroxyl groups excluding tert-OH is 4. The molecule has 20 heavy (non-hydrogen) atoms. The van der Waals surface area contributed by atoms with Crippen LogP contribution >= 0.6 is 0 Å². The lowest BCUT2D eigenvalue weighted by molar-refractivity contribution is -0.151. The number of hydrogen-bond acceptors (Lipinski definition) is 7. The van der Waals surface area contributed by atoms with Gasteiger partial charge in [0.15, 0.2) is 11.5 Å². The molecule has 6 atom stereocenters. The van der Waals surface area contributed by atoms with Gasteiger partial charge in [-0.3, -0.25) is 0 Å². The number of hydrogen-bond donors (Lipinski definition) is 5. The van der Waals surface area contributed by atoms with E-state index in [0.717, 1.165) is 0 Å². The zero-order chi connectivity index (χ0) is 14.4. The number of fused-ring (bicyclic) bond motifs is 1. The molecule has 0 bridgehead atoms. The van der Waals surface area contributed by atoms with Crippen LogP contribution in [0, 0.1) is 0 Å². The van der Waals surface area contributed by atoms with Gasteiger partial charge in [0.2, 0.25) is 6.79 Å². The van der Waals surface area contributed by atoms with Crippen LogP contribution in [0.3, 0.4) is 0 Å². The maximum Gasteiger partial charge on any atom is 0.231 e. The van der Waals surface area contributed by atoms with E-state index in [4.69, 9.17) is 15.2 Å². The largest absolute Gasteiger partial charge is 0.454 e. The van der Waals surface area contributed by atoms with E-state index in [1.165, 1.54) is 0 Å². The zero-order valence-electron chi connectivity index (χ0n) is 10.6. The Morgan fingerprint density at radius 3 is 2.30 bits per heavy atom. The maximum absolute atomic E-state index is 10.1. The second-order valence-corrected chi connectivity index (χ2v) is 5.18. The average Bonchev–Trinajstić information content (AvgIpc) is 2.91. The van der Waals surface area contributed by atoms with Gasteiger partial charge in [0, 0.05) is 12.0 Å². The van der Waals surface area contributed by atoms with E-state index in [1.807, 2.05) is 0 Å². The van der Waals surface area contributed by atoms with Crippen molar-refractivity contribution in [3.8, 4) is 11.5 Å². The number of benzene rings is 1. The van der Waals surface area contributed by atoms with Crippen molar-refractivity contribution < 1.29 is 29.9 Å². The Bertz CT molecular complexity index is 494. The average molecular weight is 283 g/mol.